The van der Waals surface area contributed by atoms with Gasteiger partial charge >= 0.3 is 0 Å². The lowest BCUT2D eigenvalue weighted by Crippen LogP contribution is -2.44. The van der Waals surface area contributed by atoms with E-state index < -0.39 is 0 Å². The molecule has 1 atom stereocenters. The molecule has 1 amide bonds. The van der Waals surface area contributed by atoms with Gasteiger partial charge in [-0.05, 0) is 51.8 Å². The number of hydrogen-bond acceptors (Lipinski definition) is 2. The highest BCUT2D eigenvalue weighted by molar-refractivity contribution is 6.30. The fourth-order valence-electron chi connectivity index (χ4n) is 2.53. The van der Waals surface area contributed by atoms with Crippen molar-refractivity contribution in [2.45, 2.75) is 32.7 Å². The SMILES string of the molecule is CC(C)N(CC1CCCNC1)C(=O)c1cc(Cl)c[nH]1. The highest BCUT2D eigenvalue weighted by atomic mass is 35.5. The van der Waals surface area contributed by atoms with Gasteiger partial charge in [-0.25, -0.2) is 0 Å². The summed E-state index contributed by atoms with van der Waals surface area (Å²) in [6.07, 6.45) is 4.03. The second kappa shape index (κ2) is 6.44. The number of aromatic amines is 1. The van der Waals surface area contributed by atoms with Gasteiger partial charge in [-0.15, -0.1) is 0 Å². The maximum absolute atomic E-state index is 12.5. The molecule has 1 saturated heterocycles. The Bertz CT molecular complexity index is 424. The Kier molecular flexibility index (Phi) is 4.88. The minimum absolute atomic E-state index is 0.0347. The summed E-state index contributed by atoms with van der Waals surface area (Å²) in [5.41, 5.74) is 0.572. The number of hydrogen-bond donors (Lipinski definition) is 2. The van der Waals surface area contributed by atoms with Gasteiger partial charge in [0.25, 0.3) is 5.91 Å². The third-order valence-electron chi connectivity index (χ3n) is 3.62. The van der Waals surface area contributed by atoms with Gasteiger partial charge in [0, 0.05) is 18.8 Å². The normalized spacial score (nSPS) is 19.7. The van der Waals surface area contributed by atoms with Gasteiger partial charge in [0.15, 0.2) is 0 Å². The molecule has 5 heteroatoms. The van der Waals surface area contributed by atoms with Gasteiger partial charge < -0.3 is 15.2 Å². The van der Waals surface area contributed by atoms with Crippen molar-refractivity contribution < 1.29 is 4.79 Å². The number of piperidine rings is 1. The van der Waals surface area contributed by atoms with Crippen molar-refractivity contribution >= 4 is 17.5 Å². The average molecular weight is 284 g/mol. The highest BCUT2D eigenvalue weighted by Crippen LogP contribution is 2.17. The predicted molar refractivity (Wildman–Crippen MR) is 77.6 cm³/mol. The molecule has 1 aromatic heterocycles. The first-order valence-corrected chi connectivity index (χ1v) is 7.31. The molecule has 106 valence electrons. The van der Waals surface area contributed by atoms with Crippen LogP contribution in [0.5, 0.6) is 0 Å². The van der Waals surface area contributed by atoms with E-state index >= 15 is 0 Å². The van der Waals surface area contributed by atoms with E-state index in [-0.39, 0.29) is 11.9 Å². The summed E-state index contributed by atoms with van der Waals surface area (Å²) < 4.78 is 0. The number of H-pyrrole nitrogens is 1. The van der Waals surface area contributed by atoms with Crippen LogP contribution in [0.1, 0.15) is 37.2 Å². The van der Waals surface area contributed by atoms with Gasteiger partial charge in [0.1, 0.15) is 5.69 Å². The molecule has 1 unspecified atom stereocenters. The number of aromatic nitrogens is 1. The van der Waals surface area contributed by atoms with E-state index in [0.717, 1.165) is 19.6 Å². The Morgan fingerprint density at radius 2 is 2.37 bits per heavy atom. The topological polar surface area (TPSA) is 48.1 Å². The maximum atomic E-state index is 12.5. The molecule has 0 aliphatic carbocycles. The lowest BCUT2D eigenvalue weighted by Gasteiger charge is -2.32. The highest BCUT2D eigenvalue weighted by Gasteiger charge is 2.24. The van der Waals surface area contributed by atoms with Gasteiger partial charge in [0.2, 0.25) is 0 Å². The van der Waals surface area contributed by atoms with Crippen LogP contribution in [0.15, 0.2) is 12.3 Å². The van der Waals surface area contributed by atoms with Crippen LogP contribution in [0.3, 0.4) is 0 Å². The van der Waals surface area contributed by atoms with E-state index in [2.05, 4.69) is 24.1 Å². The first kappa shape index (κ1) is 14.4. The molecule has 1 aliphatic rings. The molecule has 19 heavy (non-hydrogen) atoms. The van der Waals surface area contributed by atoms with Crippen LogP contribution in [0.2, 0.25) is 5.02 Å². The van der Waals surface area contributed by atoms with E-state index in [0.29, 0.717) is 16.6 Å². The first-order chi connectivity index (χ1) is 9.08. The first-order valence-electron chi connectivity index (χ1n) is 6.93. The molecule has 1 aromatic rings. The average Bonchev–Trinajstić information content (AvgIpc) is 2.83. The van der Waals surface area contributed by atoms with E-state index in [1.807, 2.05) is 4.90 Å². The quantitative estimate of drug-likeness (QED) is 0.892. The van der Waals surface area contributed by atoms with Crippen LogP contribution in [0.25, 0.3) is 0 Å². The van der Waals surface area contributed by atoms with Crippen LogP contribution in [0.4, 0.5) is 0 Å². The molecule has 2 N–H and O–H groups in total. The fourth-order valence-corrected chi connectivity index (χ4v) is 2.70. The van der Waals surface area contributed by atoms with Crippen LogP contribution < -0.4 is 5.32 Å². The van der Waals surface area contributed by atoms with Crippen molar-refractivity contribution in [3.8, 4) is 0 Å². The number of nitrogens with one attached hydrogen (secondary N) is 2. The molecular formula is C14H22ClN3O. The van der Waals surface area contributed by atoms with E-state index in [9.17, 15) is 4.79 Å². The molecule has 2 heterocycles. The summed E-state index contributed by atoms with van der Waals surface area (Å²) in [4.78, 5) is 17.4. The van der Waals surface area contributed by atoms with Crippen molar-refractivity contribution in [1.82, 2.24) is 15.2 Å². The summed E-state index contributed by atoms with van der Waals surface area (Å²) >= 11 is 5.87. The standard InChI is InChI=1S/C14H22ClN3O/c1-10(2)18(9-11-4-3-5-16-7-11)14(19)13-6-12(15)8-17-13/h6,8,10-11,16-17H,3-5,7,9H2,1-2H3. The largest absolute Gasteiger partial charge is 0.356 e. The Morgan fingerprint density at radius 3 is 2.89 bits per heavy atom. The smallest absolute Gasteiger partial charge is 0.270 e. The van der Waals surface area contributed by atoms with Crippen molar-refractivity contribution in [3.05, 3.63) is 23.0 Å². The minimum Gasteiger partial charge on any atom is -0.356 e. The molecule has 0 spiro atoms. The van der Waals surface area contributed by atoms with Gasteiger partial charge in [-0.2, -0.15) is 0 Å². The van der Waals surface area contributed by atoms with E-state index in [1.54, 1.807) is 12.3 Å². The van der Waals surface area contributed by atoms with E-state index in [1.165, 1.54) is 12.8 Å². The zero-order chi connectivity index (χ0) is 13.8. The van der Waals surface area contributed by atoms with Gasteiger partial charge in [-0.1, -0.05) is 11.6 Å². The van der Waals surface area contributed by atoms with Crippen LogP contribution in [0, 0.1) is 5.92 Å². The third-order valence-corrected chi connectivity index (χ3v) is 3.83. The van der Waals surface area contributed by atoms with Gasteiger partial charge in [0.05, 0.1) is 5.02 Å². The van der Waals surface area contributed by atoms with Crippen LogP contribution >= 0.6 is 11.6 Å². The maximum Gasteiger partial charge on any atom is 0.270 e. The molecule has 0 saturated carbocycles. The Hall–Kier alpha value is -1.00. The molecule has 4 nitrogen and oxygen atoms in total. The summed E-state index contributed by atoms with van der Waals surface area (Å²) in [5, 5.41) is 3.97. The van der Waals surface area contributed by atoms with Crippen molar-refractivity contribution in [3.63, 3.8) is 0 Å². The molecule has 0 aromatic carbocycles. The number of halogens is 1. The number of rotatable bonds is 4. The number of carbonyl (C=O) groups is 1. The Morgan fingerprint density at radius 1 is 1.58 bits per heavy atom. The number of nitrogens with zero attached hydrogens (tertiary/aromatic N) is 1. The minimum atomic E-state index is 0.0347. The lowest BCUT2D eigenvalue weighted by molar-refractivity contribution is 0.0655. The zero-order valence-electron chi connectivity index (χ0n) is 11.6. The summed E-state index contributed by atoms with van der Waals surface area (Å²) in [6.45, 7) is 7.01. The monoisotopic (exact) mass is 283 g/mol. The lowest BCUT2D eigenvalue weighted by atomic mass is 9.98. The molecule has 2 rings (SSSR count). The third kappa shape index (κ3) is 3.74. The summed E-state index contributed by atoms with van der Waals surface area (Å²) in [6, 6.07) is 1.88. The predicted octanol–water partition coefficient (Wildman–Crippen LogP) is 2.52. The second-order valence-corrected chi connectivity index (χ2v) is 5.93. The zero-order valence-corrected chi connectivity index (χ0v) is 12.3. The number of amides is 1. The van der Waals surface area contributed by atoms with Crippen LogP contribution in [-0.4, -0.2) is 41.5 Å². The number of carbonyl (C=O) groups excluding carboxylic acids is 1. The van der Waals surface area contributed by atoms with Crippen molar-refractivity contribution in [2.75, 3.05) is 19.6 Å². The summed E-state index contributed by atoms with van der Waals surface area (Å²) in [7, 11) is 0. The van der Waals surface area contributed by atoms with E-state index in [4.69, 9.17) is 11.6 Å². The van der Waals surface area contributed by atoms with Crippen molar-refractivity contribution in [1.29, 1.82) is 0 Å². The summed E-state index contributed by atoms with van der Waals surface area (Å²) in [5.74, 6) is 0.581. The molecule has 1 aliphatic heterocycles. The fraction of sp³-hybridized carbons (Fsp3) is 0.643. The van der Waals surface area contributed by atoms with Crippen LogP contribution in [-0.2, 0) is 0 Å². The van der Waals surface area contributed by atoms with Crippen molar-refractivity contribution in [2.24, 2.45) is 5.92 Å². The molecule has 1 fully saturated rings. The molecule has 0 radical (unpaired) electrons. The Balaban J connectivity index is 2.04. The molecular weight excluding hydrogens is 262 g/mol. The second-order valence-electron chi connectivity index (χ2n) is 5.50. The Labute approximate surface area is 119 Å². The molecule has 0 bridgehead atoms. The van der Waals surface area contributed by atoms with Gasteiger partial charge in [-0.3, -0.25) is 4.79 Å².